The molecule has 2 aliphatic rings. The summed E-state index contributed by atoms with van der Waals surface area (Å²) in [7, 11) is 0. The van der Waals surface area contributed by atoms with Crippen molar-refractivity contribution in [3.05, 3.63) is 50.6 Å². The van der Waals surface area contributed by atoms with Crippen LogP contribution < -0.4 is 21.1 Å². The van der Waals surface area contributed by atoms with E-state index in [9.17, 15) is 18.4 Å². The number of halogens is 2. The van der Waals surface area contributed by atoms with Crippen molar-refractivity contribution in [2.75, 3.05) is 16.8 Å². The fourth-order valence-electron chi connectivity index (χ4n) is 4.15. The lowest BCUT2D eigenvalue weighted by molar-refractivity contribution is -0.0389. The highest BCUT2D eigenvalue weighted by atomic mass is 32.1. The molecule has 34 heavy (non-hydrogen) atoms. The van der Waals surface area contributed by atoms with Gasteiger partial charge in [-0.2, -0.15) is 4.98 Å². The number of alkyl halides is 2. The summed E-state index contributed by atoms with van der Waals surface area (Å²) < 4.78 is 32.3. The molecular formula is C21H23F2N7O3S. The van der Waals surface area contributed by atoms with Crippen molar-refractivity contribution < 1.29 is 18.1 Å². The summed E-state index contributed by atoms with van der Waals surface area (Å²) in [5.74, 6) is -2.22. The van der Waals surface area contributed by atoms with Crippen LogP contribution in [0.1, 0.15) is 53.6 Å². The van der Waals surface area contributed by atoms with Crippen LogP contribution in [-0.2, 0) is 19.5 Å². The summed E-state index contributed by atoms with van der Waals surface area (Å²) in [6, 6.07) is 3.09. The predicted molar refractivity (Wildman–Crippen MR) is 120 cm³/mol. The van der Waals surface area contributed by atoms with Crippen molar-refractivity contribution in [2.24, 2.45) is 0 Å². The lowest BCUT2D eigenvalue weighted by Crippen LogP contribution is -2.30. The van der Waals surface area contributed by atoms with E-state index in [-0.39, 0.29) is 30.9 Å². The van der Waals surface area contributed by atoms with Crippen LogP contribution in [0.25, 0.3) is 0 Å². The lowest BCUT2D eigenvalue weighted by atomic mass is 9.86. The van der Waals surface area contributed by atoms with Gasteiger partial charge in [-0.3, -0.25) is 10.1 Å². The molecule has 180 valence electrons. The van der Waals surface area contributed by atoms with Crippen molar-refractivity contribution in [1.29, 1.82) is 0 Å². The average molecular weight is 492 g/mol. The van der Waals surface area contributed by atoms with E-state index in [1.165, 1.54) is 23.6 Å². The number of aromatic amines is 1. The normalized spacial score (nSPS) is 17.9. The van der Waals surface area contributed by atoms with Crippen LogP contribution >= 0.6 is 11.3 Å². The molecule has 0 saturated heterocycles. The van der Waals surface area contributed by atoms with Gasteiger partial charge in [0.15, 0.2) is 11.0 Å². The Bertz CT molecular complexity index is 1230. The molecule has 3 aromatic rings. The van der Waals surface area contributed by atoms with Gasteiger partial charge in [-0.05, 0) is 24.5 Å². The number of amides is 2. The molecule has 0 atom stereocenters. The van der Waals surface area contributed by atoms with E-state index in [0.29, 0.717) is 54.9 Å². The van der Waals surface area contributed by atoms with Crippen molar-refractivity contribution in [3.8, 4) is 0 Å². The van der Waals surface area contributed by atoms with Crippen molar-refractivity contribution in [3.63, 3.8) is 0 Å². The number of H-pyrrole nitrogens is 1. The number of carbonyl (C=O) groups excluding carboxylic acids is 1. The van der Waals surface area contributed by atoms with Gasteiger partial charge in [0, 0.05) is 55.4 Å². The zero-order valence-corrected chi connectivity index (χ0v) is 19.0. The SMILES string of the molecule is O=C(NCc1cc[nH]c(=O)c1)Nc1nc2c(s1)CN(c1nc(C3CCC(F)(F)CC3)no1)CC2. The predicted octanol–water partition coefficient (Wildman–Crippen LogP) is 3.39. The molecule has 13 heteroatoms. The molecule has 2 amide bonds. The van der Waals surface area contributed by atoms with Crippen molar-refractivity contribution in [2.45, 2.75) is 57.0 Å². The second-order valence-corrected chi connectivity index (χ2v) is 9.58. The smallest absolute Gasteiger partial charge is 0.324 e. The standard InChI is InChI=1S/C21H23F2N7O3S/c22-21(23)5-1-13(2-6-21)17-27-20(33-29-17)30-8-4-14-15(11-30)34-19(26-14)28-18(32)25-10-12-3-7-24-16(31)9-12/h3,7,9,13H,1-2,4-6,8,10-11H2,(H,24,31)(H2,25,26,28,32). The molecule has 10 nitrogen and oxygen atoms in total. The molecule has 0 unspecified atom stereocenters. The maximum absolute atomic E-state index is 13.4. The van der Waals surface area contributed by atoms with Gasteiger partial charge in [-0.15, -0.1) is 0 Å². The van der Waals surface area contributed by atoms with Gasteiger partial charge in [-0.25, -0.2) is 18.6 Å². The van der Waals surface area contributed by atoms with E-state index in [2.05, 4.69) is 30.7 Å². The van der Waals surface area contributed by atoms with E-state index in [1.54, 1.807) is 6.07 Å². The largest absolute Gasteiger partial charge is 0.334 e. The highest BCUT2D eigenvalue weighted by Gasteiger charge is 2.37. The van der Waals surface area contributed by atoms with Crippen molar-refractivity contribution >= 4 is 28.5 Å². The molecule has 1 fully saturated rings. The minimum absolute atomic E-state index is 0.107. The third-order valence-corrected chi connectivity index (χ3v) is 7.03. The number of hydrogen-bond donors (Lipinski definition) is 3. The maximum atomic E-state index is 13.4. The number of urea groups is 1. The number of carbonyl (C=O) groups is 1. The second kappa shape index (κ2) is 9.12. The maximum Gasteiger partial charge on any atom is 0.324 e. The summed E-state index contributed by atoms with van der Waals surface area (Å²) in [5, 5.41) is 9.95. The molecule has 1 aliphatic carbocycles. The summed E-state index contributed by atoms with van der Waals surface area (Å²) in [6.07, 6.45) is 2.57. The Morgan fingerprint density at radius 1 is 1.32 bits per heavy atom. The molecule has 4 heterocycles. The van der Waals surface area contributed by atoms with Gasteiger partial charge in [0.1, 0.15) is 0 Å². The second-order valence-electron chi connectivity index (χ2n) is 8.49. The molecule has 1 aliphatic heterocycles. The quantitative estimate of drug-likeness (QED) is 0.499. The minimum Gasteiger partial charge on any atom is -0.334 e. The van der Waals surface area contributed by atoms with Gasteiger partial charge in [0.2, 0.25) is 11.5 Å². The number of fused-ring (bicyclic) bond motifs is 1. The highest BCUT2D eigenvalue weighted by molar-refractivity contribution is 7.15. The van der Waals surface area contributed by atoms with E-state index in [4.69, 9.17) is 4.52 Å². The van der Waals surface area contributed by atoms with Crippen LogP contribution in [0.3, 0.4) is 0 Å². The third-order valence-electron chi connectivity index (χ3n) is 6.03. The first kappa shape index (κ1) is 22.4. The Morgan fingerprint density at radius 3 is 2.94 bits per heavy atom. The Morgan fingerprint density at radius 2 is 2.15 bits per heavy atom. The van der Waals surface area contributed by atoms with E-state index < -0.39 is 12.0 Å². The number of nitrogens with zero attached hydrogens (tertiary/aromatic N) is 4. The first-order valence-electron chi connectivity index (χ1n) is 11.0. The summed E-state index contributed by atoms with van der Waals surface area (Å²) in [5.41, 5.74) is 1.36. The van der Waals surface area contributed by atoms with Gasteiger partial charge in [0.25, 0.3) is 0 Å². The molecule has 1 saturated carbocycles. The fraction of sp³-hybridized carbons (Fsp3) is 0.476. The van der Waals surface area contributed by atoms with E-state index in [1.807, 2.05) is 4.90 Å². The number of nitrogens with one attached hydrogen (secondary N) is 3. The number of rotatable bonds is 5. The van der Waals surface area contributed by atoms with Gasteiger partial charge in [0.05, 0.1) is 12.2 Å². The van der Waals surface area contributed by atoms with Crippen LogP contribution in [0.5, 0.6) is 0 Å². The number of pyridine rings is 1. The van der Waals surface area contributed by atoms with Gasteiger partial charge >= 0.3 is 12.0 Å². The van der Waals surface area contributed by atoms with Gasteiger partial charge < -0.3 is 19.7 Å². The van der Waals surface area contributed by atoms with Crippen LogP contribution in [0.4, 0.5) is 24.7 Å². The van der Waals surface area contributed by atoms with Crippen LogP contribution in [0.15, 0.2) is 27.6 Å². The van der Waals surface area contributed by atoms with Crippen molar-refractivity contribution in [1.82, 2.24) is 25.4 Å². The molecule has 5 rings (SSSR count). The zero-order valence-electron chi connectivity index (χ0n) is 18.1. The molecule has 0 bridgehead atoms. The first-order chi connectivity index (χ1) is 16.3. The van der Waals surface area contributed by atoms with Crippen LogP contribution in [-0.4, -0.2) is 38.6 Å². The first-order valence-corrected chi connectivity index (χ1v) is 11.8. The molecule has 0 radical (unpaired) electrons. The summed E-state index contributed by atoms with van der Waals surface area (Å²) >= 11 is 1.37. The fourth-order valence-corrected chi connectivity index (χ4v) is 5.17. The van der Waals surface area contributed by atoms with E-state index >= 15 is 0 Å². The van der Waals surface area contributed by atoms with Crippen LogP contribution in [0.2, 0.25) is 0 Å². The molecule has 0 aromatic carbocycles. The molecule has 3 N–H and O–H groups in total. The highest BCUT2D eigenvalue weighted by Crippen LogP contribution is 2.40. The Kier molecular flexibility index (Phi) is 6.02. The van der Waals surface area contributed by atoms with Crippen LogP contribution in [0, 0.1) is 0 Å². The topological polar surface area (TPSA) is 129 Å². The zero-order chi connectivity index (χ0) is 23.7. The Hall–Kier alpha value is -3.35. The van der Waals surface area contributed by atoms with Gasteiger partial charge in [-0.1, -0.05) is 16.5 Å². The number of aromatic nitrogens is 4. The molecular weight excluding hydrogens is 468 g/mol. The monoisotopic (exact) mass is 491 g/mol. The summed E-state index contributed by atoms with van der Waals surface area (Å²) in [6.45, 7) is 1.34. The Balaban J connectivity index is 1.17. The number of thiazole rings is 1. The molecule has 0 spiro atoms. The summed E-state index contributed by atoms with van der Waals surface area (Å²) in [4.78, 5) is 38.0. The lowest BCUT2D eigenvalue weighted by Gasteiger charge is -2.26. The number of hydrogen-bond acceptors (Lipinski definition) is 8. The number of anilines is 2. The minimum atomic E-state index is -2.60. The Labute approximate surface area is 196 Å². The van der Waals surface area contributed by atoms with E-state index in [0.717, 1.165) is 10.6 Å². The average Bonchev–Trinajstić information content (AvgIpc) is 3.44. The molecule has 3 aromatic heterocycles. The third kappa shape index (κ3) is 5.08.